The molecule has 0 amide bonds. The molecule has 0 heterocycles. The highest BCUT2D eigenvalue weighted by Gasteiger charge is 2.44. The van der Waals surface area contributed by atoms with Crippen LogP contribution in [0.25, 0.3) is 0 Å². The molecule has 2 aromatic carbocycles. The van der Waals surface area contributed by atoms with Crippen molar-refractivity contribution in [2.24, 2.45) is 5.92 Å². The second-order valence-electron chi connectivity index (χ2n) is 5.49. The lowest BCUT2D eigenvalue weighted by Crippen LogP contribution is -2.06. The van der Waals surface area contributed by atoms with Crippen molar-refractivity contribution in [2.75, 3.05) is 7.11 Å². The number of methoxy groups -OCH3 is 1. The third-order valence-electron chi connectivity index (χ3n) is 4.15. The van der Waals surface area contributed by atoms with Crippen LogP contribution in [-0.2, 0) is 11.3 Å². The van der Waals surface area contributed by atoms with Crippen LogP contribution in [0.15, 0.2) is 54.6 Å². The van der Waals surface area contributed by atoms with E-state index in [0.717, 1.165) is 17.5 Å². The lowest BCUT2D eigenvalue weighted by molar-refractivity contribution is 0.142. The summed E-state index contributed by atoms with van der Waals surface area (Å²) in [5, 5.41) is 10.6. The second-order valence-corrected chi connectivity index (χ2v) is 5.49. The van der Waals surface area contributed by atoms with Crippen molar-refractivity contribution in [1.29, 1.82) is 0 Å². The maximum absolute atomic E-state index is 10.6. The van der Waals surface area contributed by atoms with Gasteiger partial charge >= 0.3 is 0 Å². The van der Waals surface area contributed by atoms with E-state index in [0.29, 0.717) is 18.4 Å². The molecule has 0 aromatic heterocycles. The second kappa shape index (κ2) is 5.78. The summed E-state index contributed by atoms with van der Waals surface area (Å²) in [7, 11) is 1.69. The molecule has 1 fully saturated rings. The van der Waals surface area contributed by atoms with Gasteiger partial charge in [-0.25, -0.2) is 0 Å². The standard InChI is InChI=1S/C18H20O2/c1-20-12-14-9-5-6-10-15(14)18(19)17-11-16(17)13-7-3-2-4-8-13/h2-10,16-19H,11-12H2,1H3. The summed E-state index contributed by atoms with van der Waals surface area (Å²) in [6.45, 7) is 0.552. The highest BCUT2D eigenvalue weighted by atomic mass is 16.5. The van der Waals surface area contributed by atoms with Crippen molar-refractivity contribution >= 4 is 0 Å². The van der Waals surface area contributed by atoms with Crippen LogP contribution in [0.1, 0.15) is 35.1 Å². The van der Waals surface area contributed by atoms with E-state index in [1.807, 2.05) is 30.3 Å². The molecule has 104 valence electrons. The van der Waals surface area contributed by atoms with Gasteiger partial charge in [-0.15, -0.1) is 0 Å². The van der Waals surface area contributed by atoms with Crippen molar-refractivity contribution < 1.29 is 9.84 Å². The molecule has 3 atom stereocenters. The number of aliphatic hydroxyl groups excluding tert-OH is 1. The molecule has 2 nitrogen and oxygen atoms in total. The minimum atomic E-state index is -0.397. The Morgan fingerprint density at radius 2 is 1.80 bits per heavy atom. The van der Waals surface area contributed by atoms with Gasteiger partial charge in [-0.2, -0.15) is 0 Å². The Kier molecular flexibility index (Phi) is 3.86. The quantitative estimate of drug-likeness (QED) is 0.896. The zero-order valence-corrected chi connectivity index (χ0v) is 11.7. The van der Waals surface area contributed by atoms with E-state index in [4.69, 9.17) is 4.74 Å². The molecule has 3 rings (SSSR count). The summed E-state index contributed by atoms with van der Waals surface area (Å²) in [6, 6.07) is 18.5. The molecule has 2 aromatic rings. The van der Waals surface area contributed by atoms with Crippen molar-refractivity contribution in [3.05, 3.63) is 71.3 Å². The van der Waals surface area contributed by atoms with Crippen LogP contribution in [0.2, 0.25) is 0 Å². The third-order valence-corrected chi connectivity index (χ3v) is 4.15. The summed E-state index contributed by atoms with van der Waals surface area (Å²) < 4.78 is 5.22. The Morgan fingerprint density at radius 1 is 1.10 bits per heavy atom. The molecular weight excluding hydrogens is 248 g/mol. The maximum Gasteiger partial charge on any atom is 0.0827 e. The Morgan fingerprint density at radius 3 is 2.55 bits per heavy atom. The van der Waals surface area contributed by atoms with E-state index in [2.05, 4.69) is 24.3 Å². The Hall–Kier alpha value is -1.64. The largest absolute Gasteiger partial charge is 0.388 e. The van der Waals surface area contributed by atoms with E-state index in [1.165, 1.54) is 5.56 Å². The molecule has 0 radical (unpaired) electrons. The number of hydrogen-bond donors (Lipinski definition) is 1. The first kappa shape index (κ1) is 13.3. The molecule has 3 unspecified atom stereocenters. The van der Waals surface area contributed by atoms with Crippen molar-refractivity contribution in [3.63, 3.8) is 0 Å². The first-order valence-electron chi connectivity index (χ1n) is 7.11. The summed E-state index contributed by atoms with van der Waals surface area (Å²) in [6.07, 6.45) is 0.665. The third kappa shape index (κ3) is 2.62. The van der Waals surface area contributed by atoms with Gasteiger partial charge in [0.2, 0.25) is 0 Å². The zero-order valence-electron chi connectivity index (χ0n) is 11.7. The Balaban J connectivity index is 1.76. The van der Waals surface area contributed by atoms with E-state index in [1.54, 1.807) is 7.11 Å². The topological polar surface area (TPSA) is 29.5 Å². The summed E-state index contributed by atoms with van der Waals surface area (Å²) in [4.78, 5) is 0. The molecule has 0 bridgehead atoms. The fraction of sp³-hybridized carbons (Fsp3) is 0.333. The fourth-order valence-electron chi connectivity index (χ4n) is 2.99. The summed E-state index contributed by atoms with van der Waals surface area (Å²) in [5.41, 5.74) is 3.43. The molecule has 1 aliphatic carbocycles. The summed E-state index contributed by atoms with van der Waals surface area (Å²) in [5.74, 6) is 0.817. The van der Waals surface area contributed by atoms with Crippen LogP contribution in [-0.4, -0.2) is 12.2 Å². The van der Waals surface area contributed by atoms with Gasteiger partial charge in [0.15, 0.2) is 0 Å². The number of benzene rings is 2. The van der Waals surface area contributed by atoms with E-state index in [-0.39, 0.29) is 0 Å². The zero-order chi connectivity index (χ0) is 13.9. The van der Waals surface area contributed by atoms with Gasteiger partial charge in [-0.3, -0.25) is 0 Å². The van der Waals surface area contributed by atoms with Crippen LogP contribution in [0.5, 0.6) is 0 Å². The molecule has 0 saturated heterocycles. The van der Waals surface area contributed by atoms with Gasteiger partial charge in [0.1, 0.15) is 0 Å². The lowest BCUT2D eigenvalue weighted by Gasteiger charge is -2.15. The number of hydrogen-bond acceptors (Lipinski definition) is 2. The van der Waals surface area contributed by atoms with Crippen LogP contribution < -0.4 is 0 Å². The smallest absolute Gasteiger partial charge is 0.0827 e. The monoisotopic (exact) mass is 268 g/mol. The van der Waals surface area contributed by atoms with Crippen LogP contribution in [0, 0.1) is 5.92 Å². The maximum atomic E-state index is 10.6. The van der Waals surface area contributed by atoms with Crippen molar-refractivity contribution in [3.8, 4) is 0 Å². The predicted molar refractivity (Wildman–Crippen MR) is 79.4 cm³/mol. The normalized spacial score (nSPS) is 22.5. The number of aliphatic hydroxyl groups is 1. The Bertz CT molecular complexity index is 565. The fourth-order valence-corrected chi connectivity index (χ4v) is 2.99. The van der Waals surface area contributed by atoms with Crippen LogP contribution in [0.3, 0.4) is 0 Å². The van der Waals surface area contributed by atoms with Crippen LogP contribution in [0.4, 0.5) is 0 Å². The molecular formula is C18H20O2. The average Bonchev–Trinajstić information content (AvgIpc) is 3.29. The van der Waals surface area contributed by atoms with Gasteiger partial charge in [-0.05, 0) is 34.9 Å². The molecule has 20 heavy (non-hydrogen) atoms. The van der Waals surface area contributed by atoms with E-state index < -0.39 is 6.10 Å². The highest BCUT2D eigenvalue weighted by Crippen LogP contribution is 2.54. The van der Waals surface area contributed by atoms with Gasteiger partial charge in [0, 0.05) is 7.11 Å². The van der Waals surface area contributed by atoms with Crippen LogP contribution >= 0.6 is 0 Å². The SMILES string of the molecule is COCc1ccccc1C(O)C1CC1c1ccccc1. The molecule has 0 spiro atoms. The minimum absolute atomic E-state index is 0.329. The average molecular weight is 268 g/mol. The van der Waals surface area contributed by atoms with Gasteiger partial charge < -0.3 is 9.84 Å². The molecule has 2 heteroatoms. The number of rotatable bonds is 5. The molecule has 1 aliphatic rings. The van der Waals surface area contributed by atoms with Crippen molar-refractivity contribution in [2.45, 2.75) is 25.0 Å². The minimum Gasteiger partial charge on any atom is -0.388 e. The lowest BCUT2D eigenvalue weighted by atomic mass is 9.97. The first-order valence-corrected chi connectivity index (χ1v) is 7.11. The van der Waals surface area contributed by atoms with Crippen molar-refractivity contribution in [1.82, 2.24) is 0 Å². The van der Waals surface area contributed by atoms with E-state index in [9.17, 15) is 5.11 Å². The van der Waals surface area contributed by atoms with E-state index >= 15 is 0 Å². The first-order chi connectivity index (χ1) is 9.81. The Labute approximate surface area is 120 Å². The predicted octanol–water partition coefficient (Wildman–Crippen LogP) is 3.67. The van der Waals surface area contributed by atoms with Gasteiger partial charge in [0.05, 0.1) is 12.7 Å². The molecule has 0 aliphatic heterocycles. The summed E-state index contributed by atoms with van der Waals surface area (Å²) >= 11 is 0. The molecule has 1 N–H and O–H groups in total. The van der Waals surface area contributed by atoms with Gasteiger partial charge in [0.25, 0.3) is 0 Å². The number of ether oxygens (including phenoxy) is 1. The molecule has 1 saturated carbocycles. The van der Waals surface area contributed by atoms with Gasteiger partial charge in [-0.1, -0.05) is 54.6 Å². The highest BCUT2D eigenvalue weighted by molar-refractivity contribution is 5.33.